The van der Waals surface area contributed by atoms with Gasteiger partial charge in [-0.1, -0.05) is 60.7 Å². The zero-order chi connectivity index (χ0) is 13.1. The largest absolute Gasteiger partial charge is 0.569 e. The van der Waals surface area contributed by atoms with Crippen LogP contribution in [0, 0.1) is 5.21 Å². The first-order chi connectivity index (χ1) is 9.33. The van der Waals surface area contributed by atoms with Crippen molar-refractivity contribution >= 4 is 0 Å². The first-order valence-corrected chi connectivity index (χ1v) is 5.93. The molecule has 4 nitrogen and oxygen atoms in total. The van der Waals surface area contributed by atoms with Crippen molar-refractivity contribution < 1.29 is 4.96 Å². The Labute approximate surface area is 110 Å². The van der Waals surface area contributed by atoms with E-state index in [0.717, 1.165) is 11.1 Å². The van der Waals surface area contributed by atoms with Crippen molar-refractivity contribution in [2.24, 2.45) is 0 Å². The van der Waals surface area contributed by atoms with E-state index in [9.17, 15) is 5.21 Å². The van der Waals surface area contributed by atoms with Crippen molar-refractivity contribution in [2.75, 3.05) is 0 Å². The van der Waals surface area contributed by atoms with Crippen LogP contribution in [0.4, 0.5) is 0 Å². The van der Waals surface area contributed by atoms with Gasteiger partial charge in [-0.15, -0.1) is 0 Å². The highest BCUT2D eigenvalue weighted by Gasteiger charge is 2.10. The lowest BCUT2D eigenvalue weighted by Crippen LogP contribution is -2.36. The van der Waals surface area contributed by atoms with Crippen LogP contribution in [0.2, 0.25) is 0 Å². The summed E-state index contributed by atoms with van der Waals surface area (Å²) in [6.45, 7) is 0. The highest BCUT2D eigenvalue weighted by atomic mass is 16.5. The third-order valence-corrected chi connectivity index (χ3v) is 2.80. The van der Waals surface area contributed by atoms with Crippen molar-refractivity contribution in [3.8, 4) is 22.5 Å². The monoisotopic (exact) mass is 249 g/mol. The van der Waals surface area contributed by atoms with Gasteiger partial charge in [0.05, 0.1) is 4.96 Å². The molecule has 1 heterocycles. The average molecular weight is 249 g/mol. The first-order valence-electron chi connectivity index (χ1n) is 5.93. The molecule has 0 aliphatic rings. The van der Waals surface area contributed by atoms with Crippen LogP contribution < -0.4 is 4.96 Å². The quantitative estimate of drug-likeness (QED) is 0.517. The smallest absolute Gasteiger partial charge is 0.144 e. The summed E-state index contributed by atoms with van der Waals surface area (Å²) < 4.78 is 0. The Morgan fingerprint density at radius 3 is 1.53 bits per heavy atom. The molecule has 4 heteroatoms. The molecule has 1 aromatic heterocycles. The van der Waals surface area contributed by atoms with Gasteiger partial charge in [-0.25, -0.2) is 0 Å². The normalized spacial score (nSPS) is 10.3. The fourth-order valence-electron chi connectivity index (χ4n) is 1.89. The molecule has 0 saturated heterocycles. The predicted molar refractivity (Wildman–Crippen MR) is 71.9 cm³/mol. The van der Waals surface area contributed by atoms with Crippen molar-refractivity contribution in [1.82, 2.24) is 10.2 Å². The van der Waals surface area contributed by atoms with Gasteiger partial charge in [-0.05, 0) is 0 Å². The van der Waals surface area contributed by atoms with Crippen molar-refractivity contribution in [3.05, 3.63) is 71.9 Å². The topological polar surface area (TPSA) is 52.7 Å². The summed E-state index contributed by atoms with van der Waals surface area (Å²) >= 11 is 0. The van der Waals surface area contributed by atoms with E-state index in [-0.39, 0.29) is 0 Å². The molecule has 0 saturated carbocycles. The maximum Gasteiger partial charge on any atom is 0.144 e. The van der Waals surface area contributed by atoms with Gasteiger partial charge < -0.3 is 5.21 Å². The predicted octanol–water partition coefficient (Wildman–Crippen LogP) is 2.44. The Morgan fingerprint density at radius 1 is 0.684 bits per heavy atom. The Hall–Kier alpha value is -2.75. The summed E-state index contributed by atoms with van der Waals surface area (Å²) in [4.78, 5) is 0.366. The van der Waals surface area contributed by atoms with Gasteiger partial charge in [-0.2, -0.15) is 0 Å². The molecule has 3 rings (SSSR count). The van der Waals surface area contributed by atoms with E-state index in [0.29, 0.717) is 16.3 Å². The summed E-state index contributed by atoms with van der Waals surface area (Å²) in [6, 6.07) is 21.0. The number of hydrogen-bond donors (Lipinski definition) is 0. The minimum absolute atomic E-state index is 0.366. The Bertz CT molecular complexity index is 627. The van der Waals surface area contributed by atoms with Crippen LogP contribution in [0.1, 0.15) is 0 Å². The van der Waals surface area contributed by atoms with E-state index >= 15 is 0 Å². The van der Waals surface area contributed by atoms with Crippen LogP contribution in [0.15, 0.2) is 66.7 Å². The van der Waals surface area contributed by atoms with Crippen LogP contribution in [-0.2, 0) is 0 Å². The van der Waals surface area contributed by atoms with E-state index in [1.807, 2.05) is 66.7 Å². The summed E-state index contributed by atoms with van der Waals surface area (Å²) in [5.41, 5.74) is 3.02. The van der Waals surface area contributed by atoms with Crippen molar-refractivity contribution in [3.63, 3.8) is 0 Å². The third-order valence-electron chi connectivity index (χ3n) is 2.80. The minimum Gasteiger partial charge on any atom is -0.569 e. The van der Waals surface area contributed by atoms with E-state index in [1.54, 1.807) is 0 Å². The maximum atomic E-state index is 11.6. The Balaban J connectivity index is 2.12. The second-order valence-corrected chi connectivity index (χ2v) is 4.10. The second-order valence-electron chi connectivity index (χ2n) is 4.10. The summed E-state index contributed by atoms with van der Waals surface area (Å²) in [5, 5.41) is 19.3. The maximum absolute atomic E-state index is 11.6. The molecule has 0 atom stereocenters. The van der Waals surface area contributed by atoms with Crippen molar-refractivity contribution in [1.29, 1.82) is 0 Å². The standard InChI is InChI=1S/C15H11N3O/c19-18-16-14(12-7-3-1-4-8-12)11-15(17-18)13-9-5-2-6-10-13/h1-11H. The first kappa shape index (κ1) is 11.3. The molecule has 3 aromatic rings. The van der Waals surface area contributed by atoms with Crippen LogP contribution >= 0.6 is 0 Å². The zero-order valence-electron chi connectivity index (χ0n) is 10.1. The molecule has 0 aliphatic heterocycles. The lowest BCUT2D eigenvalue weighted by molar-refractivity contribution is -0.726. The van der Waals surface area contributed by atoms with Gasteiger partial charge in [0.25, 0.3) is 0 Å². The van der Waals surface area contributed by atoms with E-state index < -0.39 is 0 Å². The minimum atomic E-state index is 0.366. The average Bonchev–Trinajstić information content (AvgIpc) is 2.48. The molecule has 0 fully saturated rings. The zero-order valence-corrected chi connectivity index (χ0v) is 10.1. The van der Waals surface area contributed by atoms with Gasteiger partial charge in [-0.3, -0.25) is 0 Å². The summed E-state index contributed by atoms with van der Waals surface area (Å²) in [5.74, 6) is 0. The third kappa shape index (κ3) is 2.42. The van der Waals surface area contributed by atoms with Gasteiger partial charge in [0.15, 0.2) is 0 Å². The number of hydrogen-bond acceptors (Lipinski definition) is 3. The van der Waals surface area contributed by atoms with E-state index in [4.69, 9.17) is 0 Å². The molecule has 0 radical (unpaired) electrons. The van der Waals surface area contributed by atoms with E-state index in [1.165, 1.54) is 0 Å². The second kappa shape index (κ2) is 4.86. The van der Waals surface area contributed by atoms with Crippen LogP contribution in [0.25, 0.3) is 22.5 Å². The van der Waals surface area contributed by atoms with Gasteiger partial charge in [0.1, 0.15) is 11.4 Å². The Kier molecular flexibility index (Phi) is 2.90. The molecular weight excluding hydrogens is 238 g/mol. The van der Waals surface area contributed by atoms with Gasteiger partial charge >= 0.3 is 0 Å². The summed E-state index contributed by atoms with van der Waals surface area (Å²) in [6.07, 6.45) is 0. The molecule has 0 spiro atoms. The molecule has 0 aliphatic carbocycles. The van der Waals surface area contributed by atoms with Crippen LogP contribution in [-0.4, -0.2) is 10.2 Å². The molecule has 2 aromatic carbocycles. The Morgan fingerprint density at radius 2 is 1.11 bits per heavy atom. The molecule has 0 amide bonds. The fraction of sp³-hybridized carbons (Fsp3) is 0. The lowest BCUT2D eigenvalue weighted by atomic mass is 10.1. The number of rotatable bonds is 2. The SMILES string of the molecule is [O-][n+]1nc(-c2ccccc2)cc(-c2ccccc2)n1. The molecule has 92 valence electrons. The molecule has 0 N–H and O–H groups in total. The molecule has 19 heavy (non-hydrogen) atoms. The number of aromatic nitrogens is 3. The lowest BCUT2D eigenvalue weighted by Gasteiger charge is -2.02. The highest BCUT2D eigenvalue weighted by Crippen LogP contribution is 2.20. The van der Waals surface area contributed by atoms with Gasteiger partial charge in [0.2, 0.25) is 0 Å². The number of nitrogens with zero attached hydrogens (tertiary/aromatic N) is 3. The van der Waals surface area contributed by atoms with Crippen molar-refractivity contribution in [2.45, 2.75) is 0 Å². The van der Waals surface area contributed by atoms with E-state index in [2.05, 4.69) is 10.2 Å². The summed E-state index contributed by atoms with van der Waals surface area (Å²) in [7, 11) is 0. The molecule has 0 bridgehead atoms. The highest BCUT2D eigenvalue weighted by molar-refractivity contribution is 5.66. The fourth-order valence-corrected chi connectivity index (χ4v) is 1.89. The van der Waals surface area contributed by atoms with Crippen LogP contribution in [0.5, 0.6) is 0 Å². The molecular formula is C15H11N3O. The number of benzene rings is 2. The van der Waals surface area contributed by atoms with Gasteiger partial charge in [0, 0.05) is 27.4 Å². The van der Waals surface area contributed by atoms with Crippen LogP contribution in [0.3, 0.4) is 0 Å². The molecule has 0 unspecified atom stereocenters.